The largest absolute Gasteiger partial charge is 0.368 e. The Bertz CT molecular complexity index is 779. The number of hydrogen-bond acceptors (Lipinski definition) is 6. The van der Waals surface area contributed by atoms with Crippen LogP contribution in [0.2, 0.25) is 0 Å². The Balaban J connectivity index is 2.55. The molecule has 112 valence electrons. The van der Waals surface area contributed by atoms with Gasteiger partial charge in [0.1, 0.15) is 6.07 Å². The minimum absolute atomic E-state index is 0.0117. The van der Waals surface area contributed by atoms with Gasteiger partial charge in [-0.3, -0.25) is 0 Å². The molecule has 0 saturated carbocycles. The Morgan fingerprint density at radius 3 is 2.64 bits per heavy atom. The third kappa shape index (κ3) is 3.15. The number of aromatic nitrogens is 3. The van der Waals surface area contributed by atoms with E-state index < -0.39 is 11.6 Å². The van der Waals surface area contributed by atoms with Gasteiger partial charge in [0.05, 0.1) is 5.57 Å². The van der Waals surface area contributed by atoms with Gasteiger partial charge in [0.2, 0.25) is 11.9 Å². The lowest BCUT2D eigenvalue weighted by Crippen LogP contribution is -2.15. The fourth-order valence-corrected chi connectivity index (χ4v) is 1.64. The highest BCUT2D eigenvalue weighted by atomic mass is 19.2. The number of nitrogen functional groups attached to an aromatic ring is 1. The highest BCUT2D eigenvalue weighted by Gasteiger charge is 2.13. The molecule has 22 heavy (non-hydrogen) atoms. The normalized spacial score (nSPS) is 11.1. The molecule has 0 bridgehead atoms. The quantitative estimate of drug-likeness (QED) is 0.870. The molecular formula is C14H12F2N6. The van der Waals surface area contributed by atoms with E-state index in [1.807, 2.05) is 6.07 Å². The van der Waals surface area contributed by atoms with E-state index in [4.69, 9.17) is 5.73 Å². The van der Waals surface area contributed by atoms with E-state index in [2.05, 4.69) is 15.0 Å². The molecule has 1 aromatic carbocycles. The molecule has 0 aliphatic heterocycles. The molecule has 1 aromatic heterocycles. The van der Waals surface area contributed by atoms with Crippen molar-refractivity contribution >= 4 is 23.5 Å². The van der Waals surface area contributed by atoms with Crippen LogP contribution in [0.1, 0.15) is 11.4 Å². The highest BCUT2D eigenvalue weighted by Crippen LogP contribution is 2.20. The molecule has 0 amide bonds. The molecule has 0 unspecified atom stereocenters. The van der Waals surface area contributed by atoms with E-state index in [9.17, 15) is 14.0 Å². The van der Waals surface area contributed by atoms with Crippen molar-refractivity contribution < 1.29 is 8.78 Å². The van der Waals surface area contributed by atoms with Crippen LogP contribution in [0.5, 0.6) is 0 Å². The van der Waals surface area contributed by atoms with Crippen LogP contribution in [0.15, 0.2) is 18.2 Å². The fourth-order valence-electron chi connectivity index (χ4n) is 1.64. The topological polar surface area (TPSA) is 91.7 Å². The molecule has 6 nitrogen and oxygen atoms in total. The number of anilines is 2. The van der Waals surface area contributed by atoms with Crippen LogP contribution in [0.4, 0.5) is 20.7 Å². The summed E-state index contributed by atoms with van der Waals surface area (Å²) in [4.78, 5) is 13.4. The number of benzene rings is 1. The standard InChI is InChI=1S/C14H12F2N6/c1-22(2)14-20-12(19-13(18)21-14)9(7-17)6-8-4-3-5-10(15)11(8)16/h3-6H,1-2H3,(H2,18,19,20,21)/b9-6-. The van der Waals surface area contributed by atoms with Crippen LogP contribution < -0.4 is 10.6 Å². The Labute approximate surface area is 125 Å². The number of rotatable bonds is 3. The monoisotopic (exact) mass is 302 g/mol. The van der Waals surface area contributed by atoms with Crippen molar-refractivity contribution in [3.8, 4) is 6.07 Å². The van der Waals surface area contributed by atoms with E-state index >= 15 is 0 Å². The number of nitrogens with zero attached hydrogens (tertiary/aromatic N) is 5. The Morgan fingerprint density at radius 2 is 2.00 bits per heavy atom. The van der Waals surface area contributed by atoms with Crippen molar-refractivity contribution in [1.29, 1.82) is 5.26 Å². The van der Waals surface area contributed by atoms with Crippen molar-refractivity contribution in [2.24, 2.45) is 0 Å². The maximum absolute atomic E-state index is 13.7. The summed E-state index contributed by atoms with van der Waals surface area (Å²) < 4.78 is 26.9. The number of nitrogens with two attached hydrogens (primary N) is 1. The van der Waals surface area contributed by atoms with E-state index in [0.717, 1.165) is 12.1 Å². The number of halogens is 2. The van der Waals surface area contributed by atoms with Gasteiger partial charge in [-0.05, 0) is 12.1 Å². The average molecular weight is 302 g/mol. The Kier molecular flexibility index (Phi) is 4.27. The van der Waals surface area contributed by atoms with Crippen LogP contribution >= 0.6 is 0 Å². The lowest BCUT2D eigenvalue weighted by molar-refractivity contribution is 0.507. The average Bonchev–Trinajstić information content (AvgIpc) is 2.48. The Hall–Kier alpha value is -3.08. The van der Waals surface area contributed by atoms with Crippen molar-refractivity contribution in [2.45, 2.75) is 0 Å². The lowest BCUT2D eigenvalue weighted by Gasteiger charge is -2.11. The van der Waals surface area contributed by atoms with Gasteiger partial charge in [0, 0.05) is 19.7 Å². The van der Waals surface area contributed by atoms with Gasteiger partial charge in [0.25, 0.3) is 0 Å². The zero-order valence-corrected chi connectivity index (χ0v) is 11.9. The van der Waals surface area contributed by atoms with Crippen LogP contribution in [0.25, 0.3) is 11.6 Å². The smallest absolute Gasteiger partial charge is 0.230 e. The van der Waals surface area contributed by atoms with E-state index in [1.165, 1.54) is 12.1 Å². The molecule has 0 aliphatic rings. The second-order valence-corrected chi connectivity index (χ2v) is 4.52. The second kappa shape index (κ2) is 6.13. The minimum Gasteiger partial charge on any atom is -0.368 e. The summed E-state index contributed by atoms with van der Waals surface area (Å²) in [5.41, 5.74) is 5.44. The van der Waals surface area contributed by atoms with Gasteiger partial charge in [-0.25, -0.2) is 8.78 Å². The maximum atomic E-state index is 13.7. The first-order valence-corrected chi connectivity index (χ1v) is 6.17. The molecule has 0 radical (unpaired) electrons. The molecule has 2 rings (SSSR count). The molecule has 0 aliphatic carbocycles. The summed E-state index contributed by atoms with van der Waals surface area (Å²) >= 11 is 0. The van der Waals surface area contributed by atoms with Gasteiger partial charge in [-0.1, -0.05) is 12.1 Å². The predicted molar refractivity (Wildman–Crippen MR) is 78.4 cm³/mol. The van der Waals surface area contributed by atoms with Crippen molar-refractivity contribution in [2.75, 3.05) is 24.7 Å². The first-order valence-electron chi connectivity index (χ1n) is 6.17. The second-order valence-electron chi connectivity index (χ2n) is 4.52. The summed E-state index contributed by atoms with van der Waals surface area (Å²) in [5, 5.41) is 9.23. The highest BCUT2D eigenvalue weighted by molar-refractivity contribution is 5.87. The van der Waals surface area contributed by atoms with Crippen LogP contribution in [0.3, 0.4) is 0 Å². The third-order valence-electron chi connectivity index (χ3n) is 2.68. The van der Waals surface area contributed by atoms with Gasteiger partial charge in [0.15, 0.2) is 17.5 Å². The van der Waals surface area contributed by atoms with Crippen LogP contribution in [-0.2, 0) is 0 Å². The minimum atomic E-state index is -1.05. The van der Waals surface area contributed by atoms with Gasteiger partial charge in [-0.15, -0.1) is 0 Å². The molecule has 2 N–H and O–H groups in total. The van der Waals surface area contributed by atoms with Crippen LogP contribution in [0, 0.1) is 23.0 Å². The van der Waals surface area contributed by atoms with Gasteiger partial charge >= 0.3 is 0 Å². The van der Waals surface area contributed by atoms with E-state index in [0.29, 0.717) is 0 Å². The molecule has 2 aromatic rings. The Morgan fingerprint density at radius 1 is 1.27 bits per heavy atom. The molecule has 1 heterocycles. The van der Waals surface area contributed by atoms with Gasteiger partial charge < -0.3 is 10.6 Å². The summed E-state index contributed by atoms with van der Waals surface area (Å²) in [7, 11) is 3.39. The lowest BCUT2D eigenvalue weighted by atomic mass is 10.1. The third-order valence-corrected chi connectivity index (χ3v) is 2.68. The van der Waals surface area contributed by atoms with Crippen molar-refractivity contribution in [1.82, 2.24) is 15.0 Å². The zero-order valence-electron chi connectivity index (χ0n) is 11.9. The van der Waals surface area contributed by atoms with E-state index in [-0.39, 0.29) is 28.9 Å². The summed E-state index contributed by atoms with van der Waals surface area (Å²) in [5.74, 6) is -1.89. The summed E-state index contributed by atoms with van der Waals surface area (Å²) in [6.07, 6.45) is 1.16. The summed E-state index contributed by atoms with van der Waals surface area (Å²) in [6, 6.07) is 5.52. The maximum Gasteiger partial charge on any atom is 0.230 e. The molecular weight excluding hydrogens is 290 g/mol. The zero-order chi connectivity index (χ0) is 16.3. The molecule has 0 saturated heterocycles. The first-order chi connectivity index (χ1) is 10.4. The number of allylic oxidation sites excluding steroid dienone is 1. The SMILES string of the molecule is CN(C)c1nc(N)nc(/C(C#N)=C\c2cccc(F)c2F)n1. The number of hydrogen-bond donors (Lipinski definition) is 1. The predicted octanol–water partition coefficient (Wildman–Crippen LogP) is 1.86. The molecule has 0 atom stereocenters. The van der Waals surface area contributed by atoms with E-state index in [1.54, 1.807) is 19.0 Å². The molecule has 0 fully saturated rings. The number of nitriles is 1. The molecule has 8 heteroatoms. The molecule has 0 spiro atoms. The first kappa shape index (κ1) is 15.3. The van der Waals surface area contributed by atoms with Gasteiger partial charge in [-0.2, -0.15) is 20.2 Å². The van der Waals surface area contributed by atoms with Crippen LogP contribution in [-0.4, -0.2) is 29.0 Å². The summed E-state index contributed by atoms with van der Waals surface area (Å²) in [6.45, 7) is 0. The van der Waals surface area contributed by atoms with Crippen molar-refractivity contribution in [3.63, 3.8) is 0 Å². The van der Waals surface area contributed by atoms with Crippen molar-refractivity contribution in [3.05, 3.63) is 41.2 Å². The fraction of sp³-hybridized carbons (Fsp3) is 0.143.